The van der Waals surface area contributed by atoms with Crippen LogP contribution in [0.25, 0.3) is 16.6 Å². The molecule has 0 spiro atoms. The molecule has 35 heavy (non-hydrogen) atoms. The number of methoxy groups -OCH3 is 1. The molecular weight excluding hydrogens is 446 g/mol. The third kappa shape index (κ3) is 5.30. The summed E-state index contributed by atoms with van der Waals surface area (Å²) in [5.74, 6) is 1.10. The number of benzene rings is 3. The van der Waals surface area contributed by atoms with E-state index < -0.39 is 11.4 Å². The zero-order chi connectivity index (χ0) is 24.8. The Balaban J connectivity index is 1.88. The zero-order valence-corrected chi connectivity index (χ0v) is 19.9. The first-order chi connectivity index (χ1) is 17.0. The van der Waals surface area contributed by atoms with Crippen LogP contribution in [0.3, 0.4) is 0 Å². The van der Waals surface area contributed by atoms with Gasteiger partial charge in [-0.3, -0.25) is 4.79 Å². The summed E-state index contributed by atoms with van der Waals surface area (Å²) in [4.78, 5) is 25.6. The standard InChI is InChI=1S/C28H27NO6/c1-4-33-22-13-20(14-23(15-22)34-5-2)29-17-25(28(31)32-3)27(30)24-12-11-21(16-26(24)29)35-18-19-9-7-6-8-10-19/h6-17H,4-5,18H2,1-3H3. The van der Waals surface area contributed by atoms with E-state index in [-0.39, 0.29) is 5.56 Å². The van der Waals surface area contributed by atoms with Gasteiger partial charge in [0.15, 0.2) is 0 Å². The summed E-state index contributed by atoms with van der Waals surface area (Å²) in [6.45, 7) is 5.13. The number of carbonyl (C=O) groups is 1. The molecule has 0 aliphatic rings. The average molecular weight is 474 g/mol. The normalized spacial score (nSPS) is 10.7. The molecule has 0 bridgehead atoms. The molecule has 180 valence electrons. The second-order valence-electron chi connectivity index (χ2n) is 7.72. The highest BCUT2D eigenvalue weighted by atomic mass is 16.5. The summed E-state index contributed by atoms with van der Waals surface area (Å²) in [7, 11) is 1.25. The number of hydrogen-bond acceptors (Lipinski definition) is 6. The third-order valence-electron chi connectivity index (χ3n) is 5.39. The van der Waals surface area contributed by atoms with Crippen LogP contribution in [0, 0.1) is 0 Å². The predicted octanol–water partition coefficient (Wildman–Crippen LogP) is 5.15. The largest absolute Gasteiger partial charge is 0.494 e. The molecule has 0 aliphatic heterocycles. The van der Waals surface area contributed by atoms with Crippen molar-refractivity contribution in [2.24, 2.45) is 0 Å². The van der Waals surface area contributed by atoms with Gasteiger partial charge in [-0.1, -0.05) is 30.3 Å². The first kappa shape index (κ1) is 23.9. The third-order valence-corrected chi connectivity index (χ3v) is 5.39. The van der Waals surface area contributed by atoms with Gasteiger partial charge in [0, 0.05) is 35.8 Å². The van der Waals surface area contributed by atoms with E-state index >= 15 is 0 Å². The van der Waals surface area contributed by atoms with Crippen molar-refractivity contribution in [3.8, 4) is 22.9 Å². The second kappa shape index (κ2) is 10.8. The summed E-state index contributed by atoms with van der Waals surface area (Å²) in [6, 6.07) is 20.4. The van der Waals surface area contributed by atoms with Gasteiger partial charge in [-0.05, 0) is 31.5 Å². The van der Waals surface area contributed by atoms with Crippen LogP contribution in [0.1, 0.15) is 29.8 Å². The number of carbonyl (C=O) groups excluding carboxylic acids is 1. The van der Waals surface area contributed by atoms with Gasteiger partial charge in [0.2, 0.25) is 5.43 Å². The molecule has 0 saturated heterocycles. The number of pyridine rings is 1. The Bertz CT molecular complexity index is 1370. The van der Waals surface area contributed by atoms with Gasteiger partial charge < -0.3 is 23.5 Å². The number of esters is 1. The first-order valence-corrected chi connectivity index (χ1v) is 11.4. The Labute approximate surface area is 203 Å². The Morgan fingerprint density at radius 2 is 1.51 bits per heavy atom. The summed E-state index contributed by atoms with van der Waals surface area (Å²) in [5.41, 5.74) is 1.78. The van der Waals surface area contributed by atoms with E-state index in [1.807, 2.05) is 56.3 Å². The number of aromatic nitrogens is 1. The molecule has 0 atom stereocenters. The summed E-state index contributed by atoms with van der Waals surface area (Å²) >= 11 is 0. The Morgan fingerprint density at radius 1 is 0.829 bits per heavy atom. The fourth-order valence-corrected chi connectivity index (χ4v) is 3.80. The zero-order valence-electron chi connectivity index (χ0n) is 19.9. The van der Waals surface area contributed by atoms with Crippen LogP contribution >= 0.6 is 0 Å². The van der Waals surface area contributed by atoms with E-state index in [9.17, 15) is 9.59 Å². The lowest BCUT2D eigenvalue weighted by Gasteiger charge is -2.17. The molecule has 1 aromatic heterocycles. The molecule has 4 rings (SSSR count). The Morgan fingerprint density at radius 3 is 2.14 bits per heavy atom. The highest BCUT2D eigenvalue weighted by molar-refractivity contribution is 5.94. The maximum absolute atomic E-state index is 13.1. The van der Waals surface area contributed by atoms with Crippen molar-refractivity contribution in [2.75, 3.05) is 20.3 Å². The lowest BCUT2D eigenvalue weighted by Crippen LogP contribution is -2.19. The molecule has 0 fully saturated rings. The van der Waals surface area contributed by atoms with Crippen molar-refractivity contribution in [1.82, 2.24) is 4.57 Å². The summed E-state index contributed by atoms with van der Waals surface area (Å²) in [5, 5.41) is 0.361. The average Bonchev–Trinajstić information content (AvgIpc) is 2.88. The summed E-state index contributed by atoms with van der Waals surface area (Å²) in [6.07, 6.45) is 1.48. The quantitative estimate of drug-likeness (QED) is 0.313. The lowest BCUT2D eigenvalue weighted by atomic mass is 10.1. The van der Waals surface area contributed by atoms with Crippen molar-refractivity contribution in [1.29, 1.82) is 0 Å². The minimum Gasteiger partial charge on any atom is -0.494 e. The fraction of sp³-hybridized carbons (Fsp3) is 0.214. The number of nitrogens with zero attached hydrogens (tertiary/aromatic N) is 1. The van der Waals surface area contributed by atoms with E-state index in [1.165, 1.54) is 13.3 Å². The molecule has 3 aromatic carbocycles. The number of rotatable bonds is 9. The van der Waals surface area contributed by atoms with Gasteiger partial charge in [-0.2, -0.15) is 0 Å². The highest BCUT2D eigenvalue weighted by Gasteiger charge is 2.18. The van der Waals surface area contributed by atoms with Crippen molar-refractivity contribution in [2.45, 2.75) is 20.5 Å². The molecule has 7 nitrogen and oxygen atoms in total. The Kier molecular flexibility index (Phi) is 7.35. The van der Waals surface area contributed by atoms with Gasteiger partial charge in [-0.15, -0.1) is 0 Å². The molecule has 7 heteroatoms. The van der Waals surface area contributed by atoms with Crippen LogP contribution in [0.2, 0.25) is 0 Å². The minimum absolute atomic E-state index is 0.0715. The van der Waals surface area contributed by atoms with Crippen LogP contribution in [0.5, 0.6) is 17.2 Å². The molecule has 0 unspecified atom stereocenters. The van der Waals surface area contributed by atoms with Gasteiger partial charge in [0.1, 0.15) is 29.4 Å². The lowest BCUT2D eigenvalue weighted by molar-refractivity contribution is 0.0599. The minimum atomic E-state index is -0.707. The van der Waals surface area contributed by atoms with Crippen molar-refractivity contribution in [3.05, 3.63) is 94.3 Å². The highest BCUT2D eigenvalue weighted by Crippen LogP contribution is 2.29. The van der Waals surface area contributed by atoms with Crippen molar-refractivity contribution in [3.63, 3.8) is 0 Å². The molecular formula is C28H27NO6. The summed E-state index contributed by atoms with van der Waals surface area (Å²) < 4.78 is 24.1. The molecule has 0 radical (unpaired) electrons. The van der Waals surface area contributed by atoms with Crippen LogP contribution in [-0.4, -0.2) is 30.9 Å². The van der Waals surface area contributed by atoms with E-state index in [2.05, 4.69) is 0 Å². The van der Waals surface area contributed by atoms with Crippen LogP contribution in [0.15, 0.2) is 77.7 Å². The molecule has 0 aliphatic carbocycles. The van der Waals surface area contributed by atoms with Gasteiger partial charge >= 0.3 is 5.97 Å². The monoisotopic (exact) mass is 473 g/mol. The van der Waals surface area contributed by atoms with E-state index in [0.717, 1.165) is 5.56 Å². The van der Waals surface area contributed by atoms with Gasteiger partial charge in [0.25, 0.3) is 0 Å². The van der Waals surface area contributed by atoms with E-state index in [4.69, 9.17) is 18.9 Å². The van der Waals surface area contributed by atoms with Crippen LogP contribution in [-0.2, 0) is 11.3 Å². The second-order valence-corrected chi connectivity index (χ2v) is 7.72. The molecule has 0 amide bonds. The predicted molar refractivity (Wildman–Crippen MR) is 134 cm³/mol. The van der Waals surface area contributed by atoms with Gasteiger partial charge in [0.05, 0.1) is 31.5 Å². The maximum Gasteiger partial charge on any atom is 0.343 e. The molecule has 0 saturated carbocycles. The Hall–Kier alpha value is -4.26. The van der Waals surface area contributed by atoms with E-state index in [1.54, 1.807) is 28.8 Å². The van der Waals surface area contributed by atoms with Crippen molar-refractivity contribution < 1.29 is 23.7 Å². The van der Waals surface area contributed by atoms with E-state index in [0.29, 0.717) is 53.7 Å². The first-order valence-electron chi connectivity index (χ1n) is 11.4. The number of hydrogen-bond donors (Lipinski definition) is 0. The smallest absolute Gasteiger partial charge is 0.343 e. The van der Waals surface area contributed by atoms with Crippen LogP contribution < -0.4 is 19.6 Å². The number of ether oxygens (including phenoxy) is 4. The SMILES string of the molecule is CCOc1cc(OCC)cc(-n2cc(C(=O)OC)c(=O)c3ccc(OCc4ccccc4)cc32)c1. The molecule has 1 heterocycles. The van der Waals surface area contributed by atoms with Gasteiger partial charge in [-0.25, -0.2) is 4.79 Å². The molecule has 0 N–H and O–H groups in total. The number of fused-ring (bicyclic) bond motifs is 1. The topological polar surface area (TPSA) is 76.0 Å². The maximum atomic E-state index is 13.1. The van der Waals surface area contributed by atoms with Crippen LogP contribution in [0.4, 0.5) is 0 Å². The fourth-order valence-electron chi connectivity index (χ4n) is 3.80. The molecule has 4 aromatic rings. The van der Waals surface area contributed by atoms with Crippen molar-refractivity contribution >= 4 is 16.9 Å².